The first-order valence-electron chi connectivity index (χ1n) is 31.5. The number of allylic oxidation sites excluding steroid dienone is 5. The van der Waals surface area contributed by atoms with Crippen molar-refractivity contribution in [2.24, 2.45) is 4.99 Å². The zero-order valence-corrected chi connectivity index (χ0v) is 49.9. The Morgan fingerprint density at radius 1 is 0.453 bits per heavy atom. The Morgan fingerprint density at radius 2 is 0.853 bits per heavy atom. The van der Waals surface area contributed by atoms with Crippen molar-refractivity contribution in [2.75, 3.05) is 92.3 Å². The highest BCUT2D eigenvalue weighted by Gasteiger charge is 2.20. The van der Waals surface area contributed by atoms with Crippen LogP contribution in [0.5, 0.6) is 0 Å². The second-order valence-corrected chi connectivity index (χ2v) is 20.6. The molecular weight excluding hydrogens is 939 g/mol. The third-order valence-corrected chi connectivity index (χ3v) is 13.6. The van der Waals surface area contributed by atoms with E-state index < -0.39 is 0 Å². The molecule has 440 valence electrons. The molecule has 0 aromatic heterocycles. The summed E-state index contributed by atoms with van der Waals surface area (Å²) in [6.07, 6.45) is 56.3. The lowest BCUT2D eigenvalue weighted by Gasteiger charge is -2.28. The van der Waals surface area contributed by atoms with Crippen molar-refractivity contribution >= 4 is 18.0 Å². The maximum atomic E-state index is 13.8. The third kappa shape index (κ3) is 54.7. The van der Waals surface area contributed by atoms with E-state index in [1.807, 2.05) is 4.90 Å². The van der Waals surface area contributed by atoms with Gasteiger partial charge in [0.2, 0.25) is 5.91 Å². The number of unbranched alkanes of at least 4 members (excludes halogenated alkanes) is 29. The Bertz CT molecular complexity index is 1310. The van der Waals surface area contributed by atoms with Gasteiger partial charge >= 0.3 is 0 Å². The number of nitrogens with zero attached hydrogens (tertiary/aromatic N) is 2. The number of ether oxygens (including phenoxy) is 6. The van der Waals surface area contributed by atoms with Gasteiger partial charge in [0.1, 0.15) is 5.70 Å². The number of rotatable bonds is 61. The Kier molecular flexibility index (Phi) is 60.4. The number of hydrogen-bond donors (Lipinski definition) is 1. The maximum Gasteiger partial charge on any atom is 0.269 e. The second kappa shape index (κ2) is 62.4. The standard InChI is InChI=1S/C64H121N3O8/c1-6-11-14-17-20-22-24-26-28-30-32-34-36-38-41-44-49-74-60-61(75-50-45-42-39-37-35-33-31-29-27-25-23-21-18-15-12-7-2)59-67(48-43-40-19-16-13-8-3)63(68)46-51-70-53-55-72-57-58-73-56-54-71-52-47-66-64(69)62(9-4)65-10-5/h9-10,26-29,61H,6-8,11-25,30-60H2,1-5H3,(H,66,69)/b28-26-,29-27-,62-9-,65-10?. The minimum absolute atomic E-state index is 0.120. The molecule has 0 aliphatic rings. The van der Waals surface area contributed by atoms with Crippen LogP contribution < -0.4 is 5.32 Å². The number of carbonyl (C=O) groups excluding carboxylic acids is 2. The summed E-state index contributed by atoms with van der Waals surface area (Å²) in [5.41, 5.74) is 0.389. The van der Waals surface area contributed by atoms with E-state index >= 15 is 0 Å². The normalized spacial score (nSPS) is 12.6. The summed E-state index contributed by atoms with van der Waals surface area (Å²) in [4.78, 5) is 31.9. The quantitative estimate of drug-likeness (QED) is 0.0277. The molecule has 0 aliphatic heterocycles. The maximum absolute atomic E-state index is 13.8. The third-order valence-electron chi connectivity index (χ3n) is 13.6. The van der Waals surface area contributed by atoms with E-state index in [0.29, 0.717) is 91.3 Å². The summed E-state index contributed by atoms with van der Waals surface area (Å²) in [5, 5.41) is 2.79. The van der Waals surface area contributed by atoms with Crippen LogP contribution in [0.1, 0.15) is 259 Å². The molecule has 0 aromatic carbocycles. The van der Waals surface area contributed by atoms with Crippen LogP contribution in [-0.4, -0.2) is 121 Å². The highest BCUT2D eigenvalue weighted by Crippen LogP contribution is 2.14. The van der Waals surface area contributed by atoms with Crippen LogP contribution in [-0.2, 0) is 38.0 Å². The molecule has 0 heterocycles. The van der Waals surface area contributed by atoms with Crippen LogP contribution >= 0.6 is 0 Å². The predicted molar refractivity (Wildman–Crippen MR) is 318 cm³/mol. The van der Waals surface area contributed by atoms with Crippen molar-refractivity contribution in [1.29, 1.82) is 0 Å². The molecular formula is C64H121N3O8. The number of amides is 2. The SMILES string of the molecule is CC=N/C(=C\C)C(=O)NCCOCCOCCOCCOCCC(=O)N(CCCCCCCC)CC(COCCCCCCCC/C=C\CCCCCCCC)OCCCCCCCC/C=C\CCCCCCCC. The molecule has 0 rings (SSSR count). The molecule has 0 spiro atoms. The molecule has 0 aromatic rings. The first-order chi connectivity index (χ1) is 37.0. The zero-order valence-electron chi connectivity index (χ0n) is 49.9. The molecule has 0 fully saturated rings. The Morgan fingerprint density at radius 3 is 1.31 bits per heavy atom. The van der Waals surface area contributed by atoms with Crippen LogP contribution in [0.4, 0.5) is 0 Å². The van der Waals surface area contributed by atoms with Gasteiger partial charge in [0.15, 0.2) is 0 Å². The summed E-state index contributed by atoms with van der Waals surface area (Å²) in [7, 11) is 0. The fourth-order valence-electron chi connectivity index (χ4n) is 8.88. The van der Waals surface area contributed by atoms with Crippen LogP contribution in [0.3, 0.4) is 0 Å². The van der Waals surface area contributed by atoms with Crippen molar-refractivity contribution in [3.05, 3.63) is 36.1 Å². The molecule has 0 aliphatic carbocycles. The minimum atomic E-state index is -0.215. The molecule has 2 amide bonds. The highest BCUT2D eigenvalue weighted by molar-refractivity contribution is 5.94. The van der Waals surface area contributed by atoms with Gasteiger partial charge in [0, 0.05) is 39.1 Å². The van der Waals surface area contributed by atoms with Gasteiger partial charge in [0.05, 0.1) is 72.0 Å². The molecule has 1 atom stereocenters. The van der Waals surface area contributed by atoms with Gasteiger partial charge in [-0.15, -0.1) is 0 Å². The Labute approximate surface area is 463 Å². The molecule has 11 heteroatoms. The van der Waals surface area contributed by atoms with Crippen LogP contribution in [0.2, 0.25) is 0 Å². The van der Waals surface area contributed by atoms with E-state index in [1.165, 1.54) is 193 Å². The molecule has 11 nitrogen and oxygen atoms in total. The van der Waals surface area contributed by atoms with Gasteiger partial charge in [-0.2, -0.15) is 0 Å². The van der Waals surface area contributed by atoms with Gasteiger partial charge < -0.3 is 38.6 Å². The zero-order chi connectivity index (χ0) is 54.4. The minimum Gasteiger partial charge on any atom is -0.379 e. The molecule has 0 saturated carbocycles. The molecule has 1 unspecified atom stereocenters. The average molecular weight is 1060 g/mol. The summed E-state index contributed by atoms with van der Waals surface area (Å²) < 4.78 is 35.6. The average Bonchev–Trinajstić information content (AvgIpc) is 3.41. The summed E-state index contributed by atoms with van der Waals surface area (Å²) in [6.45, 7) is 17.4. The van der Waals surface area contributed by atoms with Gasteiger partial charge in [-0.05, 0) is 84.5 Å². The van der Waals surface area contributed by atoms with E-state index in [9.17, 15) is 9.59 Å². The number of aliphatic imine (C=N–C) groups is 1. The predicted octanol–water partition coefficient (Wildman–Crippen LogP) is 16.2. The largest absolute Gasteiger partial charge is 0.379 e. The van der Waals surface area contributed by atoms with E-state index in [-0.39, 0.29) is 17.9 Å². The van der Waals surface area contributed by atoms with Crippen LogP contribution in [0, 0.1) is 0 Å². The topological polar surface area (TPSA) is 117 Å². The van der Waals surface area contributed by atoms with E-state index in [1.54, 1.807) is 26.1 Å². The molecule has 1 N–H and O–H groups in total. The van der Waals surface area contributed by atoms with E-state index in [0.717, 1.165) is 38.8 Å². The summed E-state index contributed by atoms with van der Waals surface area (Å²) in [5.74, 6) is -0.0949. The van der Waals surface area contributed by atoms with Crippen molar-refractivity contribution in [1.82, 2.24) is 10.2 Å². The Balaban J connectivity index is 4.82. The summed E-state index contributed by atoms with van der Waals surface area (Å²) in [6, 6.07) is 0. The van der Waals surface area contributed by atoms with Crippen LogP contribution in [0.15, 0.2) is 41.1 Å². The lowest BCUT2D eigenvalue weighted by atomic mass is 10.1. The van der Waals surface area contributed by atoms with Gasteiger partial charge in [0.25, 0.3) is 5.91 Å². The van der Waals surface area contributed by atoms with Crippen molar-refractivity contribution in [3.8, 4) is 0 Å². The molecule has 0 bridgehead atoms. The summed E-state index contributed by atoms with van der Waals surface area (Å²) >= 11 is 0. The van der Waals surface area contributed by atoms with Crippen molar-refractivity contribution in [3.63, 3.8) is 0 Å². The van der Waals surface area contributed by atoms with Gasteiger partial charge in [-0.1, -0.05) is 199 Å². The fraction of sp³-hybridized carbons (Fsp3) is 0.859. The highest BCUT2D eigenvalue weighted by atomic mass is 16.6. The monoisotopic (exact) mass is 1060 g/mol. The van der Waals surface area contributed by atoms with Crippen molar-refractivity contribution < 1.29 is 38.0 Å². The molecule has 0 radical (unpaired) electrons. The van der Waals surface area contributed by atoms with E-state index in [2.05, 4.69) is 55.4 Å². The first-order valence-corrected chi connectivity index (χ1v) is 31.5. The number of nitrogens with one attached hydrogen (secondary N) is 1. The molecule has 75 heavy (non-hydrogen) atoms. The van der Waals surface area contributed by atoms with Crippen molar-refractivity contribution in [2.45, 2.75) is 265 Å². The first kappa shape index (κ1) is 72.6. The fourth-order valence-corrected chi connectivity index (χ4v) is 8.88. The van der Waals surface area contributed by atoms with Gasteiger partial charge in [-0.25, -0.2) is 0 Å². The molecule has 0 saturated heterocycles. The number of carbonyl (C=O) groups is 2. The lowest BCUT2D eigenvalue weighted by molar-refractivity contribution is -0.135. The number of hydrogen-bond acceptors (Lipinski definition) is 9. The second-order valence-electron chi connectivity index (χ2n) is 20.6. The van der Waals surface area contributed by atoms with Gasteiger partial charge in [-0.3, -0.25) is 14.6 Å². The Hall–Kier alpha value is -2.41. The lowest BCUT2D eigenvalue weighted by Crippen LogP contribution is -2.41. The smallest absolute Gasteiger partial charge is 0.269 e. The van der Waals surface area contributed by atoms with Crippen LogP contribution in [0.25, 0.3) is 0 Å². The van der Waals surface area contributed by atoms with E-state index in [4.69, 9.17) is 28.4 Å².